The number of aromatic nitrogens is 3. The van der Waals surface area contributed by atoms with E-state index in [1.54, 1.807) is 13.4 Å². The number of thiocarbonyl (C=S) groups is 1. The number of imidazole rings is 1. The molecule has 2 N–H and O–H groups in total. The van der Waals surface area contributed by atoms with E-state index < -0.39 is 4.92 Å². The maximum atomic E-state index is 11.9. The van der Waals surface area contributed by atoms with E-state index in [4.69, 9.17) is 27.4 Å². The molecule has 220 valence electrons. The summed E-state index contributed by atoms with van der Waals surface area (Å²) in [6.07, 6.45) is 6.80. The lowest BCUT2D eigenvalue weighted by Gasteiger charge is -2.24. The molecule has 0 unspecified atom stereocenters. The molecule has 1 fully saturated rings. The van der Waals surface area contributed by atoms with Crippen LogP contribution in [-0.2, 0) is 24.1 Å². The fourth-order valence-corrected chi connectivity index (χ4v) is 6.05. The molecule has 2 aromatic heterocycles. The minimum Gasteiger partial charge on any atom is -0.497 e. The van der Waals surface area contributed by atoms with Crippen LogP contribution < -0.4 is 10.5 Å². The first-order valence-corrected chi connectivity index (χ1v) is 14.7. The Bertz CT molecular complexity index is 1790. The van der Waals surface area contributed by atoms with Crippen LogP contribution in [0, 0.1) is 10.1 Å². The van der Waals surface area contributed by atoms with Gasteiger partial charge in [-0.3, -0.25) is 0 Å². The van der Waals surface area contributed by atoms with Crippen molar-refractivity contribution in [1.29, 1.82) is 0 Å². The maximum absolute atomic E-state index is 11.9. The van der Waals surface area contributed by atoms with Crippen molar-refractivity contribution in [3.8, 4) is 16.9 Å². The van der Waals surface area contributed by atoms with E-state index >= 15 is 0 Å². The molecule has 0 spiro atoms. The molecule has 0 saturated carbocycles. The van der Waals surface area contributed by atoms with Crippen LogP contribution in [0.1, 0.15) is 41.3 Å². The van der Waals surface area contributed by atoms with Crippen molar-refractivity contribution in [2.45, 2.75) is 38.3 Å². The van der Waals surface area contributed by atoms with Gasteiger partial charge in [0.15, 0.2) is 0 Å². The summed E-state index contributed by atoms with van der Waals surface area (Å²) in [5.74, 6) is 0.667. The Balaban J connectivity index is 1.33. The second-order valence-electron chi connectivity index (χ2n) is 10.8. The third-order valence-electron chi connectivity index (χ3n) is 8.20. The zero-order valence-corrected chi connectivity index (χ0v) is 24.8. The Morgan fingerprint density at radius 1 is 1.09 bits per heavy atom. The van der Waals surface area contributed by atoms with Gasteiger partial charge in [0.2, 0.25) is 6.33 Å². The van der Waals surface area contributed by atoms with Crippen LogP contribution in [0.15, 0.2) is 79.3 Å². The minimum atomic E-state index is -0.396. The average Bonchev–Trinajstić information content (AvgIpc) is 3.62. The summed E-state index contributed by atoms with van der Waals surface area (Å²) < 4.78 is 15.2. The SMILES string of the molecule is COc1ccc(Cn2cnc([N+](=O)[O-])c2CCc2ccc3c(-c4cccc(C(N)=S)c4)cn(C4CCOCC4)c3c2)cc1. The van der Waals surface area contributed by atoms with Gasteiger partial charge in [-0.05, 0) is 70.1 Å². The third-order valence-corrected chi connectivity index (χ3v) is 8.44. The number of ether oxygens (including phenoxy) is 2. The Labute approximate surface area is 255 Å². The van der Waals surface area contributed by atoms with E-state index in [9.17, 15) is 10.1 Å². The van der Waals surface area contributed by atoms with Crippen LogP contribution in [0.3, 0.4) is 0 Å². The van der Waals surface area contributed by atoms with Crippen LogP contribution in [-0.4, -0.2) is 44.4 Å². The lowest BCUT2D eigenvalue weighted by Crippen LogP contribution is -2.18. The first-order valence-electron chi connectivity index (χ1n) is 14.3. The molecule has 1 aliphatic rings. The minimum absolute atomic E-state index is 0.0971. The van der Waals surface area contributed by atoms with E-state index in [0.29, 0.717) is 36.1 Å². The van der Waals surface area contributed by atoms with E-state index in [2.05, 4.69) is 40.0 Å². The predicted octanol–water partition coefficient (Wildman–Crippen LogP) is 6.24. The summed E-state index contributed by atoms with van der Waals surface area (Å²) in [6, 6.07) is 22.6. The molecule has 0 amide bonds. The summed E-state index contributed by atoms with van der Waals surface area (Å²) in [4.78, 5) is 16.0. The smallest absolute Gasteiger partial charge is 0.384 e. The Kier molecular flexibility index (Phi) is 8.22. The van der Waals surface area contributed by atoms with Crippen molar-refractivity contribution in [2.75, 3.05) is 20.3 Å². The topological polar surface area (TPSA) is 110 Å². The van der Waals surface area contributed by atoms with Gasteiger partial charge in [-0.15, -0.1) is 0 Å². The van der Waals surface area contributed by atoms with Crippen LogP contribution in [0.4, 0.5) is 5.82 Å². The van der Waals surface area contributed by atoms with Crippen molar-refractivity contribution in [2.24, 2.45) is 5.73 Å². The van der Waals surface area contributed by atoms with Gasteiger partial charge < -0.3 is 34.5 Å². The molecular weight excluding hydrogens is 562 g/mol. The number of hydrogen-bond donors (Lipinski definition) is 1. The van der Waals surface area contributed by atoms with Crippen LogP contribution in [0.5, 0.6) is 5.75 Å². The molecule has 1 aliphatic heterocycles. The van der Waals surface area contributed by atoms with Crippen LogP contribution >= 0.6 is 12.2 Å². The van der Waals surface area contributed by atoms with E-state index in [0.717, 1.165) is 70.5 Å². The second-order valence-corrected chi connectivity index (χ2v) is 11.3. The number of hydrogen-bond acceptors (Lipinski definition) is 6. The van der Waals surface area contributed by atoms with E-state index in [1.807, 2.05) is 47.0 Å². The third kappa shape index (κ3) is 6.02. The van der Waals surface area contributed by atoms with Crippen LogP contribution in [0.2, 0.25) is 0 Å². The molecule has 0 radical (unpaired) electrons. The van der Waals surface area contributed by atoms with Crippen LogP contribution in [0.25, 0.3) is 22.0 Å². The molecular formula is C33H33N5O4S. The van der Waals surface area contributed by atoms with Gasteiger partial charge in [0, 0.05) is 53.9 Å². The van der Waals surface area contributed by atoms with Gasteiger partial charge in [0.05, 0.1) is 13.7 Å². The maximum Gasteiger partial charge on any atom is 0.384 e. The van der Waals surface area contributed by atoms with Crippen molar-refractivity contribution in [3.05, 3.63) is 112 Å². The van der Waals surface area contributed by atoms with Crippen molar-refractivity contribution in [1.82, 2.24) is 14.1 Å². The molecule has 10 heteroatoms. The summed E-state index contributed by atoms with van der Waals surface area (Å²) >= 11 is 5.24. The zero-order valence-electron chi connectivity index (χ0n) is 23.9. The highest BCUT2D eigenvalue weighted by atomic mass is 32.1. The number of fused-ring (bicyclic) bond motifs is 1. The quantitative estimate of drug-likeness (QED) is 0.116. The Morgan fingerprint density at radius 3 is 2.58 bits per heavy atom. The molecule has 5 aromatic rings. The Hall–Kier alpha value is -4.54. The number of rotatable bonds is 10. The number of nitrogens with zero attached hydrogens (tertiary/aromatic N) is 4. The first-order chi connectivity index (χ1) is 20.9. The van der Waals surface area contributed by atoms with E-state index in [-0.39, 0.29) is 5.82 Å². The standard InChI is InChI=1S/C33H33N5O4S/c1-41-27-9-5-23(6-10-27)19-36-21-35-33(38(39)40)30(36)12-8-22-7-11-28-29(24-3-2-4-25(18-24)32(34)43)20-37(31(28)17-22)26-13-15-42-16-14-26/h2-7,9-11,17-18,20-21,26H,8,12-16,19H2,1H3,(H2,34,43). The number of benzene rings is 3. The molecule has 6 rings (SSSR count). The van der Waals surface area contributed by atoms with Gasteiger partial charge in [-0.25, -0.2) is 0 Å². The van der Waals surface area contributed by atoms with Crippen molar-refractivity contribution < 1.29 is 14.4 Å². The largest absolute Gasteiger partial charge is 0.497 e. The zero-order chi connectivity index (χ0) is 29.9. The van der Waals surface area contributed by atoms with Gasteiger partial charge in [0.1, 0.15) is 16.4 Å². The lowest BCUT2D eigenvalue weighted by atomic mass is 10.0. The lowest BCUT2D eigenvalue weighted by molar-refractivity contribution is -0.390. The molecule has 3 aromatic carbocycles. The number of aryl methyl sites for hydroxylation is 1. The summed E-state index contributed by atoms with van der Waals surface area (Å²) in [5, 5.41) is 13.0. The van der Waals surface area contributed by atoms with Gasteiger partial charge >= 0.3 is 5.82 Å². The first kappa shape index (κ1) is 28.6. The Morgan fingerprint density at radius 2 is 1.86 bits per heavy atom. The number of methoxy groups -OCH3 is 1. The fourth-order valence-electron chi connectivity index (χ4n) is 5.92. The molecule has 0 atom stereocenters. The molecule has 3 heterocycles. The van der Waals surface area contributed by atoms with Gasteiger partial charge in [0.25, 0.3) is 0 Å². The van der Waals surface area contributed by atoms with Crippen molar-refractivity contribution >= 4 is 33.9 Å². The molecule has 0 aliphatic carbocycles. The van der Waals surface area contributed by atoms with Crippen molar-refractivity contribution in [3.63, 3.8) is 0 Å². The summed E-state index contributed by atoms with van der Waals surface area (Å²) in [6.45, 7) is 1.96. The number of nitro groups is 1. The monoisotopic (exact) mass is 595 g/mol. The normalized spacial score (nSPS) is 13.8. The van der Waals surface area contributed by atoms with Gasteiger partial charge in [-0.1, -0.05) is 54.7 Å². The summed E-state index contributed by atoms with van der Waals surface area (Å²) in [7, 11) is 1.63. The van der Waals surface area contributed by atoms with E-state index in [1.165, 1.54) is 0 Å². The molecule has 43 heavy (non-hydrogen) atoms. The second kappa shape index (κ2) is 12.4. The fraction of sp³-hybridized carbons (Fsp3) is 0.273. The number of nitrogens with two attached hydrogens (primary N) is 1. The highest BCUT2D eigenvalue weighted by Gasteiger charge is 2.23. The molecule has 0 bridgehead atoms. The average molecular weight is 596 g/mol. The predicted molar refractivity (Wildman–Crippen MR) is 171 cm³/mol. The highest BCUT2D eigenvalue weighted by molar-refractivity contribution is 7.80. The van der Waals surface area contributed by atoms with Gasteiger partial charge in [-0.2, -0.15) is 0 Å². The molecule has 1 saturated heterocycles. The highest BCUT2D eigenvalue weighted by Crippen LogP contribution is 2.36. The summed E-state index contributed by atoms with van der Waals surface area (Å²) in [5.41, 5.74) is 12.8. The molecule has 9 nitrogen and oxygen atoms in total.